The number of carbonyl (C=O) groups excluding carboxylic acids is 2. The number of hydrogen-bond acceptors (Lipinski definition) is 5. The van der Waals surface area contributed by atoms with Crippen LogP contribution in [0.4, 0.5) is 10.5 Å². The quantitative estimate of drug-likeness (QED) is 0.797. The van der Waals surface area contributed by atoms with Crippen molar-refractivity contribution in [1.82, 2.24) is 20.0 Å². The SMILES string of the molecule is Cc1ccc(N2CCCN3C4C(=O)N(Cc5ccccc5)C(=O)N(C)C4NC23)cc1Cl. The molecule has 3 saturated heterocycles. The van der Waals surface area contributed by atoms with Crippen molar-refractivity contribution in [3.8, 4) is 0 Å². The van der Waals surface area contributed by atoms with Crippen molar-refractivity contribution >= 4 is 29.2 Å². The summed E-state index contributed by atoms with van der Waals surface area (Å²) in [6.07, 6.45) is 0.396. The summed E-state index contributed by atoms with van der Waals surface area (Å²) in [7, 11) is 1.77. The molecule has 0 aromatic heterocycles. The van der Waals surface area contributed by atoms with Crippen molar-refractivity contribution in [2.45, 2.75) is 38.4 Å². The van der Waals surface area contributed by atoms with Crippen LogP contribution in [0.5, 0.6) is 0 Å². The van der Waals surface area contributed by atoms with Crippen molar-refractivity contribution in [3.05, 3.63) is 64.7 Å². The smallest absolute Gasteiger partial charge is 0.328 e. The van der Waals surface area contributed by atoms with Crippen LogP contribution in [-0.4, -0.2) is 65.3 Å². The molecule has 3 unspecified atom stereocenters. The summed E-state index contributed by atoms with van der Waals surface area (Å²) < 4.78 is 0. The summed E-state index contributed by atoms with van der Waals surface area (Å²) in [5.74, 6) is -0.143. The van der Waals surface area contributed by atoms with Gasteiger partial charge in [-0.3, -0.25) is 19.9 Å². The first kappa shape index (κ1) is 20.3. The van der Waals surface area contributed by atoms with Gasteiger partial charge >= 0.3 is 6.03 Å². The Bertz CT molecular complexity index is 1020. The molecule has 3 fully saturated rings. The van der Waals surface area contributed by atoms with Crippen LogP contribution < -0.4 is 10.2 Å². The maximum atomic E-state index is 13.5. The summed E-state index contributed by atoms with van der Waals surface area (Å²) >= 11 is 6.39. The van der Waals surface area contributed by atoms with E-state index < -0.39 is 6.04 Å². The number of hydrogen-bond donors (Lipinski definition) is 1. The second-order valence-electron chi connectivity index (χ2n) is 8.45. The Morgan fingerprint density at radius 2 is 1.87 bits per heavy atom. The molecule has 5 rings (SSSR count). The van der Waals surface area contributed by atoms with Gasteiger partial charge in [0.25, 0.3) is 5.91 Å². The van der Waals surface area contributed by atoms with Crippen LogP contribution in [0, 0.1) is 6.92 Å². The first-order valence-corrected chi connectivity index (χ1v) is 11.0. The van der Waals surface area contributed by atoms with Gasteiger partial charge in [0.1, 0.15) is 18.5 Å². The zero-order chi connectivity index (χ0) is 21.7. The Morgan fingerprint density at radius 1 is 1.10 bits per heavy atom. The monoisotopic (exact) mass is 439 g/mol. The fraction of sp³-hybridized carbons (Fsp3) is 0.391. The van der Waals surface area contributed by atoms with Gasteiger partial charge in [-0.25, -0.2) is 4.79 Å². The highest BCUT2D eigenvalue weighted by Crippen LogP contribution is 2.34. The molecule has 3 heterocycles. The molecule has 1 N–H and O–H groups in total. The number of urea groups is 1. The molecule has 0 saturated carbocycles. The molecule has 3 aliphatic rings. The van der Waals surface area contributed by atoms with Gasteiger partial charge in [0, 0.05) is 30.8 Å². The molecular formula is C23H26ClN5O2. The number of anilines is 1. The highest BCUT2D eigenvalue weighted by Gasteiger charge is 2.56. The van der Waals surface area contributed by atoms with E-state index in [9.17, 15) is 9.59 Å². The molecule has 0 aliphatic carbocycles. The molecule has 162 valence electrons. The second kappa shape index (κ2) is 7.82. The molecule has 8 heteroatoms. The molecular weight excluding hydrogens is 414 g/mol. The highest BCUT2D eigenvalue weighted by atomic mass is 35.5. The van der Waals surface area contributed by atoms with E-state index in [0.717, 1.165) is 41.3 Å². The molecule has 31 heavy (non-hydrogen) atoms. The third-order valence-electron chi connectivity index (χ3n) is 6.54. The number of nitrogens with zero attached hydrogens (tertiary/aromatic N) is 4. The predicted molar refractivity (Wildman–Crippen MR) is 120 cm³/mol. The zero-order valence-electron chi connectivity index (χ0n) is 17.7. The van der Waals surface area contributed by atoms with Crippen LogP contribution in [-0.2, 0) is 11.3 Å². The molecule has 3 atom stereocenters. The number of amides is 3. The maximum absolute atomic E-state index is 13.5. The number of rotatable bonds is 3. The number of benzene rings is 2. The minimum absolute atomic E-state index is 0.143. The fourth-order valence-corrected chi connectivity index (χ4v) is 5.03. The molecule has 2 aromatic rings. The fourth-order valence-electron chi connectivity index (χ4n) is 4.86. The molecule has 7 nitrogen and oxygen atoms in total. The molecule has 3 aliphatic heterocycles. The molecule has 0 spiro atoms. The number of likely N-dealkylation sites (N-methyl/N-ethyl adjacent to an activating group) is 1. The summed E-state index contributed by atoms with van der Waals surface area (Å²) in [4.78, 5) is 34.0. The van der Waals surface area contributed by atoms with E-state index in [4.69, 9.17) is 11.6 Å². The zero-order valence-corrected chi connectivity index (χ0v) is 18.4. The van der Waals surface area contributed by atoms with Gasteiger partial charge in [-0.05, 0) is 36.6 Å². The average molecular weight is 440 g/mol. The van der Waals surface area contributed by atoms with Gasteiger partial charge in [0.2, 0.25) is 0 Å². The van der Waals surface area contributed by atoms with E-state index in [-0.39, 0.29) is 30.9 Å². The summed E-state index contributed by atoms with van der Waals surface area (Å²) in [5.41, 5.74) is 2.98. The Kier molecular flexibility index (Phi) is 5.12. The standard InChI is InChI=1S/C23H26ClN5O2/c1-15-9-10-17(13-18(15)24)27-11-6-12-28-19-20(25-22(27)28)26(2)23(31)29(21(19)30)14-16-7-4-3-5-8-16/h3-5,7-10,13,19-20,22,25H,6,11-12,14H2,1-2H3. The lowest BCUT2D eigenvalue weighted by atomic mass is 10.1. The van der Waals surface area contributed by atoms with Gasteiger partial charge in [-0.15, -0.1) is 0 Å². The van der Waals surface area contributed by atoms with Crippen LogP contribution in [0.25, 0.3) is 0 Å². The van der Waals surface area contributed by atoms with Crippen LogP contribution in [0.3, 0.4) is 0 Å². The first-order chi connectivity index (χ1) is 15.0. The lowest BCUT2D eigenvalue weighted by Gasteiger charge is -2.44. The van der Waals surface area contributed by atoms with Gasteiger partial charge in [-0.2, -0.15) is 0 Å². The van der Waals surface area contributed by atoms with Crippen LogP contribution in [0.2, 0.25) is 5.02 Å². The van der Waals surface area contributed by atoms with Gasteiger partial charge < -0.3 is 9.80 Å². The van der Waals surface area contributed by atoms with E-state index in [2.05, 4.69) is 21.2 Å². The molecule has 0 radical (unpaired) electrons. The first-order valence-electron chi connectivity index (χ1n) is 10.6. The Morgan fingerprint density at radius 3 is 2.61 bits per heavy atom. The van der Waals surface area contributed by atoms with E-state index in [0.29, 0.717) is 0 Å². The van der Waals surface area contributed by atoms with Crippen molar-refractivity contribution in [1.29, 1.82) is 0 Å². The Balaban J connectivity index is 1.44. The van der Waals surface area contributed by atoms with Gasteiger partial charge in [-0.1, -0.05) is 48.0 Å². The van der Waals surface area contributed by atoms with Crippen molar-refractivity contribution in [2.75, 3.05) is 25.0 Å². The number of aryl methyl sites for hydroxylation is 1. The third-order valence-corrected chi connectivity index (χ3v) is 6.95. The summed E-state index contributed by atoms with van der Waals surface area (Å²) in [6.45, 7) is 3.91. The Hall–Kier alpha value is -2.61. The van der Waals surface area contributed by atoms with Crippen molar-refractivity contribution in [2.24, 2.45) is 0 Å². The van der Waals surface area contributed by atoms with E-state index in [1.807, 2.05) is 49.4 Å². The molecule has 0 bridgehead atoms. The number of nitrogens with one attached hydrogen (secondary N) is 1. The maximum Gasteiger partial charge on any atom is 0.328 e. The van der Waals surface area contributed by atoms with Crippen molar-refractivity contribution < 1.29 is 9.59 Å². The minimum atomic E-state index is -0.417. The summed E-state index contributed by atoms with van der Waals surface area (Å²) in [5, 5.41) is 4.26. The predicted octanol–water partition coefficient (Wildman–Crippen LogP) is 2.84. The lowest BCUT2D eigenvalue weighted by Crippen LogP contribution is -2.66. The van der Waals surface area contributed by atoms with Crippen LogP contribution >= 0.6 is 11.6 Å². The van der Waals surface area contributed by atoms with Gasteiger partial charge in [0.15, 0.2) is 0 Å². The van der Waals surface area contributed by atoms with Crippen LogP contribution in [0.15, 0.2) is 48.5 Å². The minimum Gasteiger partial charge on any atom is -0.343 e. The molecule has 2 aromatic carbocycles. The molecule has 3 amide bonds. The number of imide groups is 1. The van der Waals surface area contributed by atoms with Crippen molar-refractivity contribution in [3.63, 3.8) is 0 Å². The van der Waals surface area contributed by atoms with Crippen LogP contribution in [0.1, 0.15) is 17.5 Å². The normalized spacial score (nSPS) is 26.3. The topological polar surface area (TPSA) is 59.1 Å². The number of fused-ring (bicyclic) bond motifs is 3. The number of carbonyl (C=O) groups is 2. The van der Waals surface area contributed by atoms with E-state index >= 15 is 0 Å². The van der Waals surface area contributed by atoms with Gasteiger partial charge in [0.05, 0.1) is 6.54 Å². The Labute approximate surface area is 187 Å². The lowest BCUT2D eigenvalue weighted by molar-refractivity contribution is -0.139. The van der Waals surface area contributed by atoms with E-state index in [1.165, 1.54) is 4.90 Å². The largest absolute Gasteiger partial charge is 0.343 e. The third kappa shape index (κ3) is 3.37. The highest BCUT2D eigenvalue weighted by molar-refractivity contribution is 6.31. The second-order valence-corrected chi connectivity index (χ2v) is 8.86. The average Bonchev–Trinajstić information content (AvgIpc) is 3.18. The van der Waals surface area contributed by atoms with E-state index in [1.54, 1.807) is 11.9 Å². The summed E-state index contributed by atoms with van der Waals surface area (Å²) in [6, 6.07) is 15.0. The number of halogens is 1.